The largest absolute Gasteiger partial charge is 0.376 e. The number of carbonyl (C=O) groups is 1. The van der Waals surface area contributed by atoms with Gasteiger partial charge >= 0.3 is 0 Å². The molecule has 1 aromatic carbocycles. The summed E-state index contributed by atoms with van der Waals surface area (Å²) >= 11 is 6.31. The molecule has 1 heterocycles. The molecule has 7 heteroatoms. The Morgan fingerprint density at radius 3 is 2.96 bits per heavy atom. The van der Waals surface area contributed by atoms with Crippen LogP contribution in [0.25, 0.3) is 0 Å². The molecule has 0 bridgehead atoms. The molecule has 0 radical (unpaired) electrons. The van der Waals surface area contributed by atoms with Crippen molar-refractivity contribution in [3.05, 3.63) is 34.6 Å². The number of nitrogens with two attached hydrogens (primary N) is 1. The standard InChI is InChI=1S/C19H27ClFN3O2/c1-12-11-24(7-8-26-12)17(18-15(20)3-2-4-16(18)21)10-23-19(25)13-5-6-14(22)9-13/h2-4,12-14,17H,5-11,22H2,1H3,(H,23,25)/t12-,13-,14+,17-/m1/s1. The summed E-state index contributed by atoms with van der Waals surface area (Å²) in [5.41, 5.74) is 6.35. The van der Waals surface area contributed by atoms with Crippen molar-refractivity contribution in [1.82, 2.24) is 10.2 Å². The second-order valence-electron chi connectivity index (χ2n) is 7.34. The number of benzene rings is 1. The average molecular weight is 384 g/mol. The topological polar surface area (TPSA) is 67.6 Å². The van der Waals surface area contributed by atoms with Gasteiger partial charge in [-0.05, 0) is 38.3 Å². The summed E-state index contributed by atoms with van der Waals surface area (Å²) in [6.45, 7) is 4.22. The van der Waals surface area contributed by atoms with Crippen molar-refractivity contribution in [2.75, 3.05) is 26.2 Å². The minimum atomic E-state index is -0.348. The van der Waals surface area contributed by atoms with Crippen LogP contribution in [0.15, 0.2) is 18.2 Å². The number of ether oxygens (including phenoxy) is 1. The average Bonchev–Trinajstić information content (AvgIpc) is 3.03. The highest BCUT2D eigenvalue weighted by Crippen LogP contribution is 2.31. The molecular formula is C19H27ClFN3O2. The maximum Gasteiger partial charge on any atom is 0.223 e. The van der Waals surface area contributed by atoms with E-state index in [9.17, 15) is 9.18 Å². The van der Waals surface area contributed by atoms with E-state index in [2.05, 4.69) is 10.2 Å². The fourth-order valence-electron chi connectivity index (χ4n) is 3.97. The number of nitrogens with one attached hydrogen (secondary N) is 1. The number of halogens is 2. The zero-order valence-electron chi connectivity index (χ0n) is 15.1. The van der Waals surface area contributed by atoms with Gasteiger partial charge in [0.05, 0.1) is 18.8 Å². The lowest BCUT2D eigenvalue weighted by molar-refractivity contribution is -0.125. The molecule has 2 fully saturated rings. The molecule has 2 aliphatic rings. The van der Waals surface area contributed by atoms with Crippen molar-refractivity contribution < 1.29 is 13.9 Å². The first kappa shape index (κ1) is 19.5. The lowest BCUT2D eigenvalue weighted by atomic mass is 10.0. The molecule has 0 spiro atoms. The number of hydrogen-bond donors (Lipinski definition) is 2. The lowest BCUT2D eigenvalue weighted by Crippen LogP contribution is -2.47. The Kier molecular flexibility index (Phi) is 6.51. The highest BCUT2D eigenvalue weighted by Gasteiger charge is 2.32. The third-order valence-corrected chi connectivity index (χ3v) is 5.69. The molecule has 5 nitrogen and oxygen atoms in total. The predicted octanol–water partition coefficient (Wildman–Crippen LogP) is 2.48. The van der Waals surface area contributed by atoms with E-state index in [0.29, 0.717) is 43.2 Å². The smallest absolute Gasteiger partial charge is 0.223 e. The van der Waals surface area contributed by atoms with Crippen LogP contribution < -0.4 is 11.1 Å². The van der Waals surface area contributed by atoms with Gasteiger partial charge in [0.25, 0.3) is 0 Å². The van der Waals surface area contributed by atoms with Crippen molar-refractivity contribution in [1.29, 1.82) is 0 Å². The van der Waals surface area contributed by atoms with Gasteiger partial charge in [-0.1, -0.05) is 17.7 Å². The van der Waals surface area contributed by atoms with Crippen LogP contribution in [0.4, 0.5) is 4.39 Å². The molecule has 26 heavy (non-hydrogen) atoms. The zero-order chi connectivity index (χ0) is 18.7. The number of nitrogens with zero attached hydrogens (tertiary/aromatic N) is 1. The van der Waals surface area contributed by atoms with Gasteiger partial charge in [0.1, 0.15) is 5.82 Å². The molecule has 0 unspecified atom stereocenters. The second-order valence-corrected chi connectivity index (χ2v) is 7.75. The minimum absolute atomic E-state index is 0.00304. The van der Waals surface area contributed by atoms with Gasteiger partial charge in [-0.15, -0.1) is 0 Å². The highest BCUT2D eigenvalue weighted by molar-refractivity contribution is 6.31. The van der Waals surface area contributed by atoms with E-state index in [4.69, 9.17) is 22.1 Å². The first-order chi connectivity index (χ1) is 12.5. The first-order valence-corrected chi connectivity index (χ1v) is 9.66. The summed E-state index contributed by atoms with van der Waals surface area (Å²) in [5, 5.41) is 3.39. The number of amides is 1. The van der Waals surface area contributed by atoms with Gasteiger partial charge in [-0.25, -0.2) is 4.39 Å². The summed E-state index contributed by atoms with van der Waals surface area (Å²) in [7, 11) is 0. The molecule has 1 saturated carbocycles. The van der Waals surface area contributed by atoms with E-state index in [1.807, 2.05) is 6.92 Å². The third kappa shape index (κ3) is 4.55. The van der Waals surface area contributed by atoms with Gasteiger partial charge in [0.15, 0.2) is 0 Å². The van der Waals surface area contributed by atoms with E-state index in [-0.39, 0.29) is 35.8 Å². The van der Waals surface area contributed by atoms with Crippen LogP contribution >= 0.6 is 11.6 Å². The summed E-state index contributed by atoms with van der Waals surface area (Å²) in [6.07, 6.45) is 2.46. The van der Waals surface area contributed by atoms with Gasteiger partial charge in [0, 0.05) is 42.2 Å². The van der Waals surface area contributed by atoms with Crippen molar-refractivity contribution in [3.63, 3.8) is 0 Å². The Hall–Kier alpha value is -1.21. The van der Waals surface area contributed by atoms with Gasteiger partial charge in [-0.2, -0.15) is 0 Å². The predicted molar refractivity (Wildman–Crippen MR) is 99.5 cm³/mol. The van der Waals surface area contributed by atoms with E-state index in [1.54, 1.807) is 12.1 Å². The third-order valence-electron chi connectivity index (χ3n) is 5.36. The second kappa shape index (κ2) is 8.65. The Morgan fingerprint density at radius 2 is 2.31 bits per heavy atom. The van der Waals surface area contributed by atoms with Crippen LogP contribution in [0.5, 0.6) is 0 Å². The van der Waals surface area contributed by atoms with Crippen molar-refractivity contribution in [2.45, 2.75) is 44.4 Å². The first-order valence-electron chi connectivity index (χ1n) is 9.28. The summed E-state index contributed by atoms with van der Waals surface area (Å²) in [5.74, 6) is -0.402. The van der Waals surface area contributed by atoms with Crippen LogP contribution in [-0.2, 0) is 9.53 Å². The highest BCUT2D eigenvalue weighted by atomic mass is 35.5. The maximum atomic E-state index is 14.6. The summed E-state index contributed by atoms with van der Waals surface area (Å²) < 4.78 is 20.2. The molecule has 1 aromatic rings. The SMILES string of the molecule is C[C@@H]1CN([C@H](CNC(=O)[C@@H]2CC[C@H](N)C2)c2c(F)cccc2Cl)CCO1. The molecule has 1 aliphatic carbocycles. The zero-order valence-corrected chi connectivity index (χ0v) is 15.8. The van der Waals surface area contributed by atoms with Crippen molar-refractivity contribution >= 4 is 17.5 Å². The molecule has 1 amide bonds. The van der Waals surface area contributed by atoms with Crippen LogP contribution in [0, 0.1) is 11.7 Å². The molecule has 1 aliphatic heterocycles. The van der Waals surface area contributed by atoms with Crippen molar-refractivity contribution in [3.8, 4) is 0 Å². The van der Waals surface area contributed by atoms with Crippen LogP contribution in [-0.4, -0.2) is 49.2 Å². The fraction of sp³-hybridized carbons (Fsp3) is 0.632. The van der Waals surface area contributed by atoms with E-state index < -0.39 is 0 Å². The van der Waals surface area contributed by atoms with Crippen molar-refractivity contribution in [2.24, 2.45) is 11.7 Å². The van der Waals surface area contributed by atoms with Crippen LogP contribution in [0.2, 0.25) is 5.02 Å². The number of morpholine rings is 1. The molecule has 144 valence electrons. The number of carbonyl (C=O) groups excluding carboxylic acids is 1. The molecule has 4 atom stereocenters. The Balaban J connectivity index is 1.76. The molecule has 0 aromatic heterocycles. The Labute approximate surface area is 159 Å². The minimum Gasteiger partial charge on any atom is -0.376 e. The summed E-state index contributed by atoms with van der Waals surface area (Å²) in [4.78, 5) is 14.6. The van der Waals surface area contributed by atoms with Gasteiger partial charge < -0.3 is 15.8 Å². The van der Waals surface area contributed by atoms with E-state index >= 15 is 0 Å². The van der Waals surface area contributed by atoms with E-state index in [0.717, 1.165) is 12.8 Å². The summed E-state index contributed by atoms with van der Waals surface area (Å²) in [6, 6.07) is 4.47. The Morgan fingerprint density at radius 1 is 1.50 bits per heavy atom. The van der Waals surface area contributed by atoms with Crippen LogP contribution in [0.1, 0.15) is 37.8 Å². The maximum absolute atomic E-state index is 14.6. The fourth-order valence-corrected chi connectivity index (χ4v) is 4.26. The van der Waals surface area contributed by atoms with E-state index in [1.165, 1.54) is 6.07 Å². The van der Waals surface area contributed by atoms with Gasteiger partial charge in [0.2, 0.25) is 5.91 Å². The monoisotopic (exact) mass is 383 g/mol. The molecule has 1 saturated heterocycles. The normalized spacial score (nSPS) is 28.1. The molecule has 3 rings (SSSR count). The molecular weight excluding hydrogens is 357 g/mol. The quantitative estimate of drug-likeness (QED) is 0.819. The Bertz CT molecular complexity index is 625. The van der Waals surface area contributed by atoms with Gasteiger partial charge in [-0.3, -0.25) is 9.69 Å². The number of hydrogen-bond acceptors (Lipinski definition) is 4. The number of rotatable bonds is 5. The van der Waals surface area contributed by atoms with Crippen LogP contribution in [0.3, 0.4) is 0 Å². The lowest BCUT2D eigenvalue weighted by Gasteiger charge is -2.38. The molecule has 3 N–H and O–H groups in total.